The molecule has 1 rings (SSSR count). The van der Waals surface area contributed by atoms with Gasteiger partial charge in [-0.05, 0) is 30.0 Å². The van der Waals surface area contributed by atoms with Gasteiger partial charge in [-0.25, -0.2) is 4.79 Å². The van der Waals surface area contributed by atoms with Crippen molar-refractivity contribution in [1.29, 1.82) is 0 Å². The summed E-state index contributed by atoms with van der Waals surface area (Å²) in [5.41, 5.74) is 2.28. The first kappa shape index (κ1) is 11.6. The second kappa shape index (κ2) is 5.39. The van der Waals surface area contributed by atoms with Gasteiger partial charge >= 0.3 is 6.16 Å². The molecule has 0 saturated heterocycles. The Balaban J connectivity index is 3.00. The highest BCUT2D eigenvalue weighted by Crippen LogP contribution is 2.23. The molecule has 3 nitrogen and oxygen atoms in total. The van der Waals surface area contributed by atoms with Crippen molar-refractivity contribution in [2.45, 2.75) is 26.7 Å². The van der Waals surface area contributed by atoms with Crippen LogP contribution in [0, 0.1) is 0 Å². The van der Waals surface area contributed by atoms with Gasteiger partial charge < -0.3 is 9.47 Å². The van der Waals surface area contributed by atoms with E-state index in [1.165, 1.54) is 12.7 Å². The van der Waals surface area contributed by atoms with E-state index in [0.717, 1.165) is 18.4 Å². The average Bonchev–Trinajstić information content (AvgIpc) is 2.28. The van der Waals surface area contributed by atoms with Crippen molar-refractivity contribution in [3.05, 3.63) is 29.3 Å². The lowest BCUT2D eigenvalue weighted by atomic mass is 10.0. The fourth-order valence-electron chi connectivity index (χ4n) is 1.57. The molecule has 0 aliphatic heterocycles. The standard InChI is InChI=1S/C12H16O3/c1-4-9-7-6-8-11(10(9)5-2)15-12(13)14-3/h6-8H,4-5H2,1-3H3. The third-order valence-electron chi connectivity index (χ3n) is 2.32. The second-order valence-electron chi connectivity index (χ2n) is 3.16. The van der Waals surface area contributed by atoms with Crippen LogP contribution in [0.15, 0.2) is 18.2 Å². The zero-order valence-electron chi connectivity index (χ0n) is 9.37. The third-order valence-corrected chi connectivity index (χ3v) is 2.32. The minimum absolute atomic E-state index is 0.601. The van der Waals surface area contributed by atoms with Crippen LogP contribution in [0.25, 0.3) is 0 Å². The van der Waals surface area contributed by atoms with Crippen molar-refractivity contribution in [3.63, 3.8) is 0 Å². The quantitative estimate of drug-likeness (QED) is 0.566. The van der Waals surface area contributed by atoms with Crippen molar-refractivity contribution < 1.29 is 14.3 Å². The van der Waals surface area contributed by atoms with Crippen LogP contribution in [0.2, 0.25) is 0 Å². The van der Waals surface area contributed by atoms with E-state index in [0.29, 0.717) is 5.75 Å². The maximum Gasteiger partial charge on any atom is 0.513 e. The number of aryl methyl sites for hydroxylation is 1. The molecule has 0 unspecified atom stereocenters. The Bertz CT molecular complexity index is 345. The topological polar surface area (TPSA) is 35.5 Å². The zero-order valence-corrected chi connectivity index (χ0v) is 9.37. The molecule has 0 N–H and O–H groups in total. The molecule has 0 atom stereocenters. The lowest BCUT2D eigenvalue weighted by Gasteiger charge is -2.11. The third kappa shape index (κ3) is 2.72. The number of carbonyl (C=O) groups excluding carboxylic acids is 1. The molecule has 15 heavy (non-hydrogen) atoms. The molecule has 0 fully saturated rings. The first-order chi connectivity index (χ1) is 7.22. The molecule has 0 heterocycles. The van der Waals surface area contributed by atoms with Gasteiger partial charge in [0.2, 0.25) is 0 Å². The summed E-state index contributed by atoms with van der Waals surface area (Å²) in [6.07, 6.45) is 1.11. The Kier molecular flexibility index (Phi) is 4.16. The van der Waals surface area contributed by atoms with E-state index in [9.17, 15) is 4.79 Å². The highest BCUT2D eigenvalue weighted by molar-refractivity contribution is 5.64. The lowest BCUT2D eigenvalue weighted by molar-refractivity contribution is 0.121. The lowest BCUT2D eigenvalue weighted by Crippen LogP contribution is -2.09. The largest absolute Gasteiger partial charge is 0.513 e. The van der Waals surface area contributed by atoms with E-state index < -0.39 is 6.16 Å². The minimum atomic E-state index is -0.669. The Hall–Kier alpha value is -1.51. The Labute approximate surface area is 90.0 Å². The second-order valence-corrected chi connectivity index (χ2v) is 3.16. The predicted octanol–water partition coefficient (Wildman–Crippen LogP) is 2.96. The average molecular weight is 208 g/mol. The summed E-state index contributed by atoms with van der Waals surface area (Å²) in [5.74, 6) is 0.601. The maximum absolute atomic E-state index is 11.0. The first-order valence-electron chi connectivity index (χ1n) is 5.09. The summed E-state index contributed by atoms with van der Waals surface area (Å²) in [4.78, 5) is 11.0. The van der Waals surface area contributed by atoms with Crippen molar-refractivity contribution in [2.75, 3.05) is 7.11 Å². The number of ether oxygens (including phenoxy) is 2. The number of benzene rings is 1. The molecule has 3 heteroatoms. The summed E-state index contributed by atoms with van der Waals surface area (Å²) in [6.45, 7) is 4.12. The van der Waals surface area contributed by atoms with Gasteiger partial charge in [-0.1, -0.05) is 26.0 Å². The Morgan fingerprint density at radius 2 is 2.00 bits per heavy atom. The number of hydrogen-bond donors (Lipinski definition) is 0. The monoisotopic (exact) mass is 208 g/mol. The molecule has 0 saturated carbocycles. The smallest absolute Gasteiger partial charge is 0.437 e. The Morgan fingerprint density at radius 1 is 1.27 bits per heavy atom. The summed E-state index contributed by atoms with van der Waals surface area (Å²) in [7, 11) is 1.30. The van der Waals surface area contributed by atoms with Crippen LogP contribution in [0.1, 0.15) is 25.0 Å². The molecule has 0 aliphatic carbocycles. The molecule has 0 bridgehead atoms. The molecule has 1 aromatic rings. The van der Waals surface area contributed by atoms with Crippen molar-refractivity contribution in [1.82, 2.24) is 0 Å². The van der Waals surface area contributed by atoms with E-state index in [4.69, 9.17) is 4.74 Å². The first-order valence-corrected chi connectivity index (χ1v) is 5.09. The van der Waals surface area contributed by atoms with Crippen LogP contribution < -0.4 is 4.74 Å². The highest BCUT2D eigenvalue weighted by atomic mass is 16.7. The van der Waals surface area contributed by atoms with Crippen LogP contribution in [0.3, 0.4) is 0 Å². The van der Waals surface area contributed by atoms with Crippen LogP contribution in [-0.2, 0) is 17.6 Å². The fraction of sp³-hybridized carbons (Fsp3) is 0.417. The van der Waals surface area contributed by atoms with Gasteiger partial charge in [0.25, 0.3) is 0 Å². The molecule has 0 radical (unpaired) electrons. The van der Waals surface area contributed by atoms with Gasteiger partial charge in [-0.2, -0.15) is 0 Å². The number of methoxy groups -OCH3 is 1. The van der Waals surface area contributed by atoms with Crippen molar-refractivity contribution in [3.8, 4) is 5.75 Å². The highest BCUT2D eigenvalue weighted by Gasteiger charge is 2.10. The van der Waals surface area contributed by atoms with Crippen molar-refractivity contribution in [2.24, 2.45) is 0 Å². The number of rotatable bonds is 3. The Morgan fingerprint density at radius 3 is 2.53 bits per heavy atom. The number of hydrogen-bond acceptors (Lipinski definition) is 3. The molecule has 0 aromatic heterocycles. The van der Waals surface area contributed by atoms with Gasteiger partial charge in [0.05, 0.1) is 7.11 Å². The summed E-state index contributed by atoms with van der Waals surface area (Å²) in [6, 6.07) is 5.72. The van der Waals surface area contributed by atoms with E-state index in [1.807, 2.05) is 19.1 Å². The SMILES string of the molecule is CCc1cccc(OC(=O)OC)c1CC. The summed E-state index contributed by atoms with van der Waals surface area (Å²) in [5, 5.41) is 0. The summed E-state index contributed by atoms with van der Waals surface area (Å²) < 4.78 is 9.53. The normalized spacial score (nSPS) is 9.80. The fourth-order valence-corrected chi connectivity index (χ4v) is 1.57. The van der Waals surface area contributed by atoms with Crippen LogP contribution >= 0.6 is 0 Å². The van der Waals surface area contributed by atoms with Gasteiger partial charge in [0.1, 0.15) is 5.75 Å². The van der Waals surface area contributed by atoms with Crippen LogP contribution in [-0.4, -0.2) is 13.3 Å². The van der Waals surface area contributed by atoms with E-state index in [-0.39, 0.29) is 0 Å². The van der Waals surface area contributed by atoms with Crippen LogP contribution in [0.5, 0.6) is 5.75 Å². The van der Waals surface area contributed by atoms with Crippen molar-refractivity contribution >= 4 is 6.16 Å². The number of carbonyl (C=O) groups is 1. The minimum Gasteiger partial charge on any atom is -0.437 e. The molecule has 0 amide bonds. The van der Waals surface area contributed by atoms with E-state index in [2.05, 4.69) is 11.7 Å². The van der Waals surface area contributed by atoms with Gasteiger partial charge in [0, 0.05) is 0 Å². The van der Waals surface area contributed by atoms with Gasteiger partial charge in [-0.15, -0.1) is 0 Å². The molecular formula is C12H16O3. The molecule has 1 aromatic carbocycles. The van der Waals surface area contributed by atoms with Gasteiger partial charge in [0.15, 0.2) is 0 Å². The van der Waals surface area contributed by atoms with E-state index in [1.54, 1.807) is 6.07 Å². The molecule has 82 valence electrons. The van der Waals surface area contributed by atoms with Gasteiger partial charge in [-0.3, -0.25) is 0 Å². The predicted molar refractivity (Wildman–Crippen MR) is 58.2 cm³/mol. The maximum atomic E-state index is 11.0. The van der Waals surface area contributed by atoms with Crippen LogP contribution in [0.4, 0.5) is 4.79 Å². The molecular weight excluding hydrogens is 192 g/mol. The summed E-state index contributed by atoms with van der Waals surface area (Å²) >= 11 is 0. The molecule has 0 aliphatic rings. The van der Waals surface area contributed by atoms with E-state index >= 15 is 0 Å². The molecule has 0 spiro atoms. The zero-order chi connectivity index (χ0) is 11.3.